The van der Waals surface area contributed by atoms with Crippen LogP contribution in [0.4, 0.5) is 0 Å². The van der Waals surface area contributed by atoms with E-state index in [0.29, 0.717) is 6.61 Å². The van der Waals surface area contributed by atoms with Crippen LogP contribution >= 0.6 is 0 Å². The smallest absolute Gasteiger partial charge is 0.347 e. The largest absolute Gasteiger partial charge is 0.494 e. The lowest BCUT2D eigenvalue weighted by molar-refractivity contribution is -0.641. The molecule has 0 radical (unpaired) electrons. The molecule has 0 saturated carbocycles. The Hall–Kier alpha value is -3.14. The zero-order valence-corrected chi connectivity index (χ0v) is 15.7. The van der Waals surface area contributed by atoms with Crippen molar-refractivity contribution in [3.63, 3.8) is 0 Å². The molecule has 4 nitrogen and oxygen atoms in total. The SMILES string of the molecule is CCOc1ccc2c(c1)n1c(=O)c3ccc(C)c4cccc(c43)c1[n+]2CC. The number of fused-ring (bicyclic) bond motifs is 4. The van der Waals surface area contributed by atoms with Gasteiger partial charge in [0.1, 0.15) is 5.75 Å². The summed E-state index contributed by atoms with van der Waals surface area (Å²) in [5.41, 5.74) is 4.11. The highest BCUT2D eigenvalue weighted by Gasteiger charge is 2.26. The molecule has 0 amide bonds. The first-order valence-corrected chi connectivity index (χ1v) is 9.44. The van der Waals surface area contributed by atoms with Crippen molar-refractivity contribution in [1.29, 1.82) is 0 Å². The lowest BCUT2D eigenvalue weighted by Crippen LogP contribution is -2.33. The summed E-state index contributed by atoms with van der Waals surface area (Å²) in [5, 5.41) is 4.08. The van der Waals surface area contributed by atoms with Crippen LogP contribution in [0, 0.1) is 6.92 Å². The van der Waals surface area contributed by atoms with Crippen LogP contribution in [0.1, 0.15) is 19.4 Å². The van der Waals surface area contributed by atoms with Gasteiger partial charge in [0.15, 0.2) is 11.0 Å². The molecule has 134 valence electrons. The molecule has 0 aliphatic heterocycles. The van der Waals surface area contributed by atoms with Gasteiger partial charge in [0.2, 0.25) is 0 Å². The lowest BCUT2D eigenvalue weighted by Gasteiger charge is -2.07. The van der Waals surface area contributed by atoms with E-state index in [1.54, 1.807) is 0 Å². The van der Waals surface area contributed by atoms with Crippen LogP contribution in [-0.4, -0.2) is 11.0 Å². The Kier molecular flexibility index (Phi) is 3.38. The van der Waals surface area contributed by atoms with Crippen molar-refractivity contribution in [2.45, 2.75) is 27.3 Å². The Morgan fingerprint density at radius 1 is 1.00 bits per heavy atom. The summed E-state index contributed by atoms with van der Waals surface area (Å²) in [4.78, 5) is 13.5. The van der Waals surface area contributed by atoms with E-state index in [1.165, 1.54) is 5.56 Å². The Labute approximate surface area is 156 Å². The number of imidazole rings is 1. The number of hydrogen-bond acceptors (Lipinski definition) is 2. The summed E-state index contributed by atoms with van der Waals surface area (Å²) in [7, 11) is 0. The predicted molar refractivity (Wildman–Crippen MR) is 109 cm³/mol. The van der Waals surface area contributed by atoms with Crippen molar-refractivity contribution >= 4 is 38.2 Å². The molecule has 0 N–H and O–H groups in total. The quantitative estimate of drug-likeness (QED) is 0.453. The van der Waals surface area contributed by atoms with E-state index in [0.717, 1.165) is 50.5 Å². The molecular weight excluding hydrogens is 336 g/mol. The van der Waals surface area contributed by atoms with Gasteiger partial charge in [0.25, 0.3) is 5.65 Å². The monoisotopic (exact) mass is 357 g/mol. The molecule has 0 saturated heterocycles. The van der Waals surface area contributed by atoms with Crippen LogP contribution in [0.25, 0.3) is 38.2 Å². The van der Waals surface area contributed by atoms with Crippen molar-refractivity contribution in [3.05, 3.63) is 64.4 Å². The molecule has 5 rings (SSSR count). The van der Waals surface area contributed by atoms with Gasteiger partial charge in [-0.3, -0.25) is 0 Å². The number of pyridine rings is 1. The van der Waals surface area contributed by atoms with Crippen LogP contribution in [0.2, 0.25) is 0 Å². The highest BCUT2D eigenvalue weighted by molar-refractivity contribution is 6.15. The predicted octanol–water partition coefficient (Wildman–Crippen LogP) is 4.21. The van der Waals surface area contributed by atoms with Gasteiger partial charge in [0, 0.05) is 11.5 Å². The van der Waals surface area contributed by atoms with Gasteiger partial charge >= 0.3 is 5.56 Å². The number of hydrogen-bond donors (Lipinski definition) is 0. The molecule has 0 bridgehead atoms. The van der Waals surface area contributed by atoms with E-state index in [2.05, 4.69) is 42.7 Å². The normalized spacial score (nSPS) is 12.0. The van der Waals surface area contributed by atoms with Gasteiger partial charge in [-0.05, 0) is 56.0 Å². The topological polar surface area (TPSA) is 34.6 Å². The Bertz CT molecular complexity index is 1400. The van der Waals surface area contributed by atoms with Crippen molar-refractivity contribution in [2.24, 2.45) is 0 Å². The minimum absolute atomic E-state index is 0.0274. The second-order valence-electron chi connectivity index (χ2n) is 6.95. The van der Waals surface area contributed by atoms with Gasteiger partial charge < -0.3 is 4.74 Å². The van der Waals surface area contributed by atoms with Gasteiger partial charge in [-0.1, -0.05) is 18.2 Å². The first-order chi connectivity index (χ1) is 13.2. The fraction of sp³-hybridized carbons (Fsp3) is 0.217. The lowest BCUT2D eigenvalue weighted by atomic mass is 9.99. The third kappa shape index (κ3) is 2.04. The number of benzene rings is 3. The number of nitrogens with zero attached hydrogens (tertiary/aromatic N) is 2. The van der Waals surface area contributed by atoms with Crippen molar-refractivity contribution in [1.82, 2.24) is 4.40 Å². The highest BCUT2D eigenvalue weighted by Crippen LogP contribution is 2.31. The van der Waals surface area contributed by atoms with Crippen molar-refractivity contribution in [3.8, 4) is 5.75 Å². The minimum Gasteiger partial charge on any atom is -0.494 e. The van der Waals surface area contributed by atoms with Crippen LogP contribution in [-0.2, 0) is 6.54 Å². The summed E-state index contributed by atoms with van der Waals surface area (Å²) >= 11 is 0. The summed E-state index contributed by atoms with van der Waals surface area (Å²) in [6, 6.07) is 16.3. The molecule has 0 spiro atoms. The number of aromatic nitrogens is 2. The van der Waals surface area contributed by atoms with E-state index in [-0.39, 0.29) is 5.56 Å². The van der Waals surface area contributed by atoms with E-state index >= 15 is 0 Å². The Morgan fingerprint density at radius 3 is 2.59 bits per heavy atom. The second kappa shape index (κ2) is 5.68. The molecule has 27 heavy (non-hydrogen) atoms. The summed E-state index contributed by atoms with van der Waals surface area (Å²) < 4.78 is 9.77. The molecule has 0 aliphatic carbocycles. The maximum atomic E-state index is 13.5. The van der Waals surface area contributed by atoms with Gasteiger partial charge in [-0.15, -0.1) is 0 Å². The van der Waals surface area contributed by atoms with E-state index < -0.39 is 0 Å². The first-order valence-electron chi connectivity index (χ1n) is 9.44. The third-order valence-corrected chi connectivity index (χ3v) is 5.51. The fourth-order valence-electron chi connectivity index (χ4n) is 4.35. The van der Waals surface area contributed by atoms with Gasteiger partial charge in [0.05, 0.1) is 23.9 Å². The van der Waals surface area contributed by atoms with Crippen molar-refractivity contribution in [2.75, 3.05) is 6.61 Å². The fourth-order valence-corrected chi connectivity index (χ4v) is 4.35. The van der Waals surface area contributed by atoms with Crippen LogP contribution < -0.4 is 14.9 Å². The van der Waals surface area contributed by atoms with E-state index in [9.17, 15) is 4.79 Å². The molecule has 0 atom stereocenters. The second-order valence-corrected chi connectivity index (χ2v) is 6.95. The molecule has 0 aliphatic rings. The maximum Gasteiger partial charge on any atom is 0.347 e. The molecule has 5 aromatic rings. The summed E-state index contributed by atoms with van der Waals surface area (Å²) in [6.45, 7) is 7.57. The number of aryl methyl sites for hydroxylation is 2. The van der Waals surface area contributed by atoms with Crippen LogP contribution in [0.15, 0.2) is 53.3 Å². The molecule has 0 unspecified atom stereocenters. The third-order valence-electron chi connectivity index (χ3n) is 5.51. The van der Waals surface area contributed by atoms with E-state index in [4.69, 9.17) is 4.74 Å². The Morgan fingerprint density at radius 2 is 1.81 bits per heavy atom. The number of ether oxygens (including phenoxy) is 1. The first kappa shape index (κ1) is 16.1. The summed E-state index contributed by atoms with van der Waals surface area (Å²) in [6.07, 6.45) is 0. The summed E-state index contributed by atoms with van der Waals surface area (Å²) in [5.74, 6) is 0.786. The highest BCUT2D eigenvalue weighted by atomic mass is 16.5. The van der Waals surface area contributed by atoms with Gasteiger partial charge in [-0.25, -0.2) is 9.36 Å². The molecule has 2 heterocycles. The van der Waals surface area contributed by atoms with Crippen LogP contribution in [0.3, 0.4) is 0 Å². The minimum atomic E-state index is 0.0274. The zero-order valence-electron chi connectivity index (χ0n) is 15.7. The number of rotatable bonds is 3. The molecular formula is C23H21N2O2+. The maximum absolute atomic E-state index is 13.5. The standard InChI is InChI=1S/C23H21N2O2/c1-4-24-19-12-10-15(27-5-2)13-20(19)25-22(24)17-8-6-7-16-14(3)9-11-18(21(16)17)23(25)26/h6-13H,4-5H2,1-3H3/q+1. The molecule has 2 aromatic heterocycles. The average molecular weight is 357 g/mol. The zero-order chi connectivity index (χ0) is 18.7. The Balaban J connectivity index is 2.12. The van der Waals surface area contributed by atoms with Gasteiger partial charge in [-0.2, -0.15) is 4.40 Å². The molecule has 3 aromatic carbocycles. The molecule has 0 fully saturated rings. The van der Waals surface area contributed by atoms with Crippen LogP contribution in [0.5, 0.6) is 5.75 Å². The average Bonchev–Trinajstić information content (AvgIpc) is 3.01. The van der Waals surface area contributed by atoms with Crippen molar-refractivity contribution < 1.29 is 9.30 Å². The van der Waals surface area contributed by atoms with E-state index in [1.807, 2.05) is 35.6 Å². The molecule has 4 heteroatoms.